The molecule has 0 radical (unpaired) electrons. The van der Waals surface area contributed by atoms with Crippen LogP contribution >= 0.6 is 0 Å². The Morgan fingerprint density at radius 1 is 1.14 bits per heavy atom. The van der Waals surface area contributed by atoms with E-state index in [1.807, 2.05) is 30.5 Å². The maximum Gasteiger partial charge on any atom is 0.230 e. The van der Waals surface area contributed by atoms with Crippen LogP contribution in [-0.4, -0.2) is 22.4 Å². The third kappa shape index (κ3) is 3.95. The van der Waals surface area contributed by atoms with Gasteiger partial charge in [-0.15, -0.1) is 0 Å². The van der Waals surface area contributed by atoms with Gasteiger partial charge in [0.05, 0.1) is 5.52 Å². The highest BCUT2D eigenvalue weighted by Gasteiger charge is 2.25. The molecule has 1 aliphatic heterocycles. The van der Waals surface area contributed by atoms with Gasteiger partial charge in [-0.05, 0) is 30.9 Å². The summed E-state index contributed by atoms with van der Waals surface area (Å²) in [5.41, 5.74) is 5.66. The molecule has 1 aromatic carbocycles. The molecule has 0 saturated carbocycles. The minimum atomic E-state index is -0.270. The van der Waals surface area contributed by atoms with E-state index in [-0.39, 0.29) is 12.9 Å². The van der Waals surface area contributed by atoms with Crippen LogP contribution in [-0.2, 0) is 22.4 Å². The summed E-state index contributed by atoms with van der Waals surface area (Å²) in [6.45, 7) is 9.89. The van der Waals surface area contributed by atoms with Crippen molar-refractivity contribution in [2.24, 2.45) is 5.92 Å². The van der Waals surface area contributed by atoms with Crippen LogP contribution in [0.2, 0.25) is 0 Å². The van der Waals surface area contributed by atoms with E-state index in [2.05, 4.69) is 49.4 Å². The molecule has 5 nitrogen and oxygen atoms in total. The lowest BCUT2D eigenvalue weighted by Gasteiger charge is -2.21. The van der Waals surface area contributed by atoms with Gasteiger partial charge in [-0.25, -0.2) is 0 Å². The zero-order valence-corrected chi connectivity index (χ0v) is 17.5. The van der Waals surface area contributed by atoms with E-state index in [1.54, 1.807) is 6.26 Å². The van der Waals surface area contributed by atoms with Crippen molar-refractivity contribution in [3.8, 4) is 5.75 Å². The summed E-state index contributed by atoms with van der Waals surface area (Å²) in [6, 6.07) is 12.3. The first-order valence-corrected chi connectivity index (χ1v) is 10.1. The largest absolute Gasteiger partial charge is 0.480 e. The molecular weight excluding hydrogens is 364 g/mol. The predicted octanol–water partition coefficient (Wildman–Crippen LogP) is 5.14. The third-order valence-corrected chi connectivity index (χ3v) is 5.35. The van der Waals surface area contributed by atoms with E-state index in [0.717, 1.165) is 23.3 Å². The van der Waals surface area contributed by atoms with Gasteiger partial charge in [-0.2, -0.15) is 0 Å². The van der Waals surface area contributed by atoms with Gasteiger partial charge in [0.2, 0.25) is 6.79 Å². The summed E-state index contributed by atoms with van der Waals surface area (Å²) in [4.78, 5) is 4.65. The molecule has 152 valence electrons. The maximum atomic E-state index is 6.57. The highest BCUT2D eigenvalue weighted by Crippen LogP contribution is 2.33. The summed E-state index contributed by atoms with van der Waals surface area (Å²) in [5.74, 6) is 2.06. The molecule has 0 spiro atoms. The Morgan fingerprint density at radius 2 is 1.93 bits per heavy atom. The molecule has 3 heterocycles. The summed E-state index contributed by atoms with van der Waals surface area (Å²) < 4.78 is 19.9. The smallest absolute Gasteiger partial charge is 0.230 e. The van der Waals surface area contributed by atoms with Crippen LogP contribution < -0.4 is 4.74 Å². The SMILES string of the molecule is Cc1c(C)n(CC(C)C)c2c(OC(Cc3ccccc3)C3=COCO3)ccnc12. The summed E-state index contributed by atoms with van der Waals surface area (Å²) in [5, 5.41) is 0. The number of fused-ring (bicyclic) bond motifs is 1. The number of pyridine rings is 1. The molecule has 0 N–H and O–H groups in total. The van der Waals surface area contributed by atoms with Gasteiger partial charge in [0.25, 0.3) is 0 Å². The molecule has 1 atom stereocenters. The standard InChI is InChI=1S/C24H28N2O3/c1-16(2)13-26-18(4)17(3)23-24(26)20(10-11-25-23)29-21(22-14-27-15-28-22)12-19-8-6-5-7-9-19/h5-11,14,16,21H,12-13,15H2,1-4H3. The molecule has 3 aromatic rings. The molecule has 0 fully saturated rings. The first-order chi connectivity index (χ1) is 14.0. The molecule has 4 rings (SSSR count). The van der Waals surface area contributed by atoms with Gasteiger partial charge < -0.3 is 18.8 Å². The number of benzene rings is 1. The Bertz CT molecular complexity index is 1020. The van der Waals surface area contributed by atoms with E-state index in [4.69, 9.17) is 14.2 Å². The molecule has 29 heavy (non-hydrogen) atoms. The zero-order valence-electron chi connectivity index (χ0n) is 17.5. The van der Waals surface area contributed by atoms with Gasteiger partial charge in [0.15, 0.2) is 11.9 Å². The van der Waals surface area contributed by atoms with E-state index < -0.39 is 0 Å². The first kappa shape index (κ1) is 19.4. The van der Waals surface area contributed by atoms with Crippen LogP contribution in [0.1, 0.15) is 30.7 Å². The van der Waals surface area contributed by atoms with Crippen LogP contribution in [0.5, 0.6) is 5.75 Å². The summed E-state index contributed by atoms with van der Waals surface area (Å²) in [7, 11) is 0. The molecule has 0 bridgehead atoms. The van der Waals surface area contributed by atoms with Crippen molar-refractivity contribution < 1.29 is 14.2 Å². The molecular formula is C24H28N2O3. The van der Waals surface area contributed by atoms with Crippen molar-refractivity contribution >= 4 is 11.0 Å². The Labute approximate surface area is 171 Å². The van der Waals surface area contributed by atoms with Crippen LogP contribution in [0.3, 0.4) is 0 Å². The fraction of sp³-hybridized carbons (Fsp3) is 0.375. The van der Waals surface area contributed by atoms with Crippen LogP contribution in [0.25, 0.3) is 11.0 Å². The summed E-state index contributed by atoms with van der Waals surface area (Å²) >= 11 is 0. The van der Waals surface area contributed by atoms with Gasteiger partial charge in [0, 0.05) is 30.9 Å². The predicted molar refractivity (Wildman–Crippen MR) is 114 cm³/mol. The average molecular weight is 392 g/mol. The number of hydrogen-bond donors (Lipinski definition) is 0. The third-order valence-electron chi connectivity index (χ3n) is 5.35. The Morgan fingerprint density at radius 3 is 2.62 bits per heavy atom. The van der Waals surface area contributed by atoms with Gasteiger partial charge in [-0.3, -0.25) is 4.98 Å². The van der Waals surface area contributed by atoms with Gasteiger partial charge in [0.1, 0.15) is 17.5 Å². The monoisotopic (exact) mass is 392 g/mol. The second-order valence-corrected chi connectivity index (χ2v) is 7.97. The Hall–Kier alpha value is -2.95. The second kappa shape index (κ2) is 8.19. The lowest BCUT2D eigenvalue weighted by Crippen LogP contribution is -2.23. The normalized spacial score (nSPS) is 14.6. The minimum Gasteiger partial charge on any atom is -0.480 e. The minimum absolute atomic E-state index is 0.234. The van der Waals surface area contributed by atoms with Gasteiger partial charge in [-0.1, -0.05) is 44.2 Å². The van der Waals surface area contributed by atoms with Crippen LogP contribution in [0.15, 0.2) is 54.6 Å². The lowest BCUT2D eigenvalue weighted by molar-refractivity contribution is 0.0559. The molecule has 1 aliphatic rings. The molecule has 0 aliphatic carbocycles. The highest BCUT2D eigenvalue weighted by atomic mass is 16.7. The van der Waals surface area contributed by atoms with Crippen molar-refractivity contribution in [2.75, 3.05) is 6.79 Å². The second-order valence-electron chi connectivity index (χ2n) is 7.97. The van der Waals surface area contributed by atoms with Crippen molar-refractivity contribution in [2.45, 2.75) is 46.8 Å². The summed E-state index contributed by atoms with van der Waals surface area (Å²) in [6.07, 6.45) is 3.91. The zero-order chi connectivity index (χ0) is 20.4. The van der Waals surface area contributed by atoms with E-state index >= 15 is 0 Å². The molecule has 0 amide bonds. The Kier molecular flexibility index (Phi) is 5.47. The fourth-order valence-electron chi connectivity index (χ4n) is 3.80. The number of ether oxygens (including phenoxy) is 3. The van der Waals surface area contributed by atoms with Crippen LogP contribution in [0, 0.1) is 19.8 Å². The quantitative estimate of drug-likeness (QED) is 0.558. The lowest BCUT2D eigenvalue weighted by atomic mass is 10.1. The number of aryl methyl sites for hydroxylation is 1. The van der Waals surface area contributed by atoms with Crippen molar-refractivity contribution in [1.82, 2.24) is 9.55 Å². The van der Waals surface area contributed by atoms with E-state index in [0.29, 0.717) is 18.1 Å². The maximum absolute atomic E-state index is 6.57. The van der Waals surface area contributed by atoms with E-state index in [9.17, 15) is 0 Å². The number of rotatable bonds is 7. The van der Waals surface area contributed by atoms with Crippen molar-refractivity contribution in [3.63, 3.8) is 0 Å². The first-order valence-electron chi connectivity index (χ1n) is 10.1. The van der Waals surface area contributed by atoms with Crippen LogP contribution in [0.4, 0.5) is 0 Å². The number of aromatic nitrogens is 2. The molecule has 1 unspecified atom stereocenters. The fourth-order valence-corrected chi connectivity index (χ4v) is 3.80. The average Bonchev–Trinajstić information content (AvgIpc) is 3.33. The molecule has 5 heteroatoms. The highest BCUT2D eigenvalue weighted by molar-refractivity contribution is 5.86. The number of hydrogen-bond acceptors (Lipinski definition) is 4. The topological polar surface area (TPSA) is 45.5 Å². The number of nitrogens with zero attached hydrogens (tertiary/aromatic N) is 2. The van der Waals surface area contributed by atoms with E-state index in [1.165, 1.54) is 16.8 Å². The van der Waals surface area contributed by atoms with Crippen molar-refractivity contribution in [1.29, 1.82) is 0 Å². The van der Waals surface area contributed by atoms with Gasteiger partial charge >= 0.3 is 0 Å². The molecule has 0 saturated heterocycles. The van der Waals surface area contributed by atoms with Crippen molar-refractivity contribution in [3.05, 3.63) is 71.4 Å². The molecule has 2 aromatic heterocycles. The Balaban J connectivity index is 1.75.